The number of hydrogen-bond acceptors (Lipinski definition) is 8. The lowest BCUT2D eigenvalue weighted by Crippen LogP contribution is -2.00. The van der Waals surface area contributed by atoms with Crippen LogP contribution in [0.3, 0.4) is 0 Å². The summed E-state index contributed by atoms with van der Waals surface area (Å²) in [5.41, 5.74) is 5.96. The molecule has 20 rings (SSSR count). The summed E-state index contributed by atoms with van der Waals surface area (Å²) in [6.07, 6.45) is 0. The fourth-order valence-electron chi connectivity index (χ4n) is 14.2. The number of fused-ring (bicyclic) bond motifs is 20. The number of nitrogens with zero attached hydrogens (tertiary/aromatic N) is 6. The summed E-state index contributed by atoms with van der Waals surface area (Å²) in [6.45, 7) is 0. The molecule has 0 amide bonds. The Kier molecular flexibility index (Phi) is 12.5. The van der Waals surface area contributed by atoms with Gasteiger partial charge in [0, 0.05) is 73.7 Å². The fourth-order valence-corrected chi connectivity index (χ4v) is 16.7. The molecular formula is C86H50N6S2. The van der Waals surface area contributed by atoms with Gasteiger partial charge in [-0.25, -0.2) is 29.9 Å². The molecule has 0 saturated heterocycles. The zero-order valence-electron chi connectivity index (χ0n) is 50.4. The monoisotopic (exact) mass is 1230 g/mol. The maximum Gasteiger partial charge on any atom is 0.165 e. The average molecular weight is 1230 g/mol. The molecule has 0 aliphatic heterocycles. The lowest BCUT2D eigenvalue weighted by atomic mass is 9.93. The van der Waals surface area contributed by atoms with Crippen molar-refractivity contribution < 1.29 is 0 Å². The Morgan fingerprint density at radius 1 is 0.160 bits per heavy atom. The first-order valence-corrected chi connectivity index (χ1v) is 33.2. The van der Waals surface area contributed by atoms with Crippen LogP contribution in [-0.2, 0) is 0 Å². The Balaban J connectivity index is 0.000000133. The molecule has 94 heavy (non-hydrogen) atoms. The third-order valence-electron chi connectivity index (χ3n) is 18.7. The zero-order valence-corrected chi connectivity index (χ0v) is 52.0. The Bertz CT molecular complexity index is 6100. The number of rotatable bonds is 6. The molecule has 0 unspecified atom stereocenters. The highest BCUT2D eigenvalue weighted by Gasteiger charge is 2.22. The summed E-state index contributed by atoms with van der Waals surface area (Å²) in [4.78, 5) is 30.9. The Morgan fingerprint density at radius 2 is 0.426 bits per heavy atom. The lowest BCUT2D eigenvalue weighted by Gasteiger charge is -2.13. The van der Waals surface area contributed by atoms with Crippen LogP contribution in [0.1, 0.15) is 0 Å². The van der Waals surface area contributed by atoms with Crippen molar-refractivity contribution in [1.29, 1.82) is 0 Å². The molecule has 6 nitrogen and oxygen atoms in total. The largest absolute Gasteiger partial charge is 0.208 e. The molecule has 0 radical (unpaired) electrons. The van der Waals surface area contributed by atoms with Crippen LogP contribution in [0.15, 0.2) is 303 Å². The van der Waals surface area contributed by atoms with E-state index in [9.17, 15) is 0 Å². The van der Waals surface area contributed by atoms with E-state index in [0.29, 0.717) is 34.9 Å². The van der Waals surface area contributed by atoms with Crippen LogP contribution in [0.2, 0.25) is 0 Å². The Hall–Kier alpha value is -11.9. The van der Waals surface area contributed by atoms with E-state index in [0.717, 1.165) is 44.2 Å². The van der Waals surface area contributed by atoms with Crippen LogP contribution in [0.4, 0.5) is 0 Å². The van der Waals surface area contributed by atoms with E-state index in [2.05, 4.69) is 267 Å². The molecule has 0 bridgehead atoms. The van der Waals surface area contributed by atoms with E-state index in [-0.39, 0.29) is 0 Å². The van der Waals surface area contributed by atoms with Crippen LogP contribution in [0.25, 0.3) is 195 Å². The minimum absolute atomic E-state index is 0.666. The second-order valence-electron chi connectivity index (χ2n) is 23.9. The van der Waals surface area contributed by atoms with E-state index < -0.39 is 0 Å². The molecule has 0 fully saturated rings. The van der Waals surface area contributed by atoms with Gasteiger partial charge in [0.15, 0.2) is 34.9 Å². The first kappa shape index (κ1) is 53.9. The van der Waals surface area contributed by atoms with Crippen LogP contribution in [0, 0.1) is 0 Å². The smallest absolute Gasteiger partial charge is 0.165 e. The molecule has 16 aromatic carbocycles. The second-order valence-corrected chi connectivity index (χ2v) is 26.0. The van der Waals surface area contributed by atoms with Crippen LogP contribution >= 0.6 is 22.7 Å². The Morgan fingerprint density at radius 3 is 0.830 bits per heavy atom. The van der Waals surface area contributed by atoms with Crippen molar-refractivity contribution in [2.24, 2.45) is 0 Å². The van der Waals surface area contributed by atoms with Gasteiger partial charge in [-0.1, -0.05) is 279 Å². The number of hydrogen-bond donors (Lipinski definition) is 0. The SMILES string of the molecule is c1ccc(-c2nc(-c3cccc4c3ccc3c4ccc4c5ccccc5ccc43)nc(-c3cccc4c3sc3ccccc34)n2)cc1.c1ccc(-c2nc(-c3cccc4c3ccc3c4ccc4c5ccccc5ccc43)nc(-c3cccc4c3sc3ccccc34)n2)cc1. The summed E-state index contributed by atoms with van der Waals surface area (Å²) < 4.78 is 4.89. The molecule has 20 aromatic rings. The predicted molar refractivity (Wildman–Crippen MR) is 398 cm³/mol. The van der Waals surface area contributed by atoms with Gasteiger partial charge in [0.1, 0.15) is 0 Å². The van der Waals surface area contributed by atoms with Gasteiger partial charge >= 0.3 is 0 Å². The average Bonchev–Trinajstić information content (AvgIpc) is 0.844. The third-order valence-corrected chi connectivity index (χ3v) is 21.1. The Labute approximate surface area is 547 Å². The molecule has 8 heteroatoms. The van der Waals surface area contributed by atoms with E-state index >= 15 is 0 Å². The number of aromatic nitrogens is 6. The molecular weight excluding hydrogens is 1180 g/mol. The van der Waals surface area contributed by atoms with Crippen molar-refractivity contribution in [3.63, 3.8) is 0 Å². The van der Waals surface area contributed by atoms with E-state index in [4.69, 9.17) is 29.9 Å². The van der Waals surface area contributed by atoms with Crippen molar-refractivity contribution in [1.82, 2.24) is 29.9 Å². The van der Waals surface area contributed by atoms with E-state index in [1.807, 2.05) is 36.4 Å². The first-order valence-electron chi connectivity index (χ1n) is 31.6. The van der Waals surface area contributed by atoms with Crippen LogP contribution in [0.5, 0.6) is 0 Å². The van der Waals surface area contributed by atoms with Gasteiger partial charge in [0.05, 0.1) is 0 Å². The standard InChI is InChI=1S/2C43H25N3S/c2*1-2-11-27(12-3-1)41-44-42(46-43(45-41)38-18-9-16-36-35-14-6-7-19-39(35)47-40(36)38)37-17-8-15-29-32-23-22-30-28-13-5-4-10-26(28)20-21-31(30)33(32)24-25-34(29)37/h2*1-25H. The number of thiophene rings is 2. The summed E-state index contributed by atoms with van der Waals surface area (Å²) in [6, 6.07) is 108. The molecule has 4 heterocycles. The van der Waals surface area contributed by atoms with Gasteiger partial charge in [-0.2, -0.15) is 0 Å². The van der Waals surface area contributed by atoms with Crippen LogP contribution in [-0.4, -0.2) is 29.9 Å². The zero-order chi connectivity index (χ0) is 61.8. The minimum Gasteiger partial charge on any atom is -0.208 e. The molecule has 0 aliphatic rings. The van der Waals surface area contributed by atoms with Crippen molar-refractivity contribution in [3.05, 3.63) is 303 Å². The minimum atomic E-state index is 0.666. The molecule has 0 N–H and O–H groups in total. The molecule has 0 aliphatic carbocycles. The van der Waals surface area contributed by atoms with Crippen molar-refractivity contribution in [2.45, 2.75) is 0 Å². The lowest BCUT2D eigenvalue weighted by molar-refractivity contribution is 1.08. The molecule has 4 aromatic heterocycles. The molecule has 436 valence electrons. The third kappa shape index (κ3) is 8.83. The maximum atomic E-state index is 5.22. The van der Waals surface area contributed by atoms with Crippen molar-refractivity contribution in [3.8, 4) is 68.3 Å². The molecule has 0 spiro atoms. The normalized spacial score (nSPS) is 11.8. The van der Waals surface area contributed by atoms with Gasteiger partial charge in [-0.3, -0.25) is 0 Å². The second kappa shape index (κ2) is 21.9. The number of benzene rings is 16. The van der Waals surface area contributed by atoms with E-state index in [1.165, 1.54) is 116 Å². The quantitative estimate of drug-likeness (QED) is 0.154. The summed E-state index contributed by atoms with van der Waals surface area (Å²) in [5, 5.41) is 24.7. The highest BCUT2D eigenvalue weighted by molar-refractivity contribution is 7.26. The topological polar surface area (TPSA) is 77.3 Å². The fraction of sp³-hybridized carbons (Fsp3) is 0. The molecule has 0 atom stereocenters. The summed E-state index contributed by atoms with van der Waals surface area (Å²) >= 11 is 3.58. The van der Waals surface area contributed by atoms with Gasteiger partial charge in [-0.15, -0.1) is 22.7 Å². The maximum absolute atomic E-state index is 5.22. The van der Waals surface area contributed by atoms with Crippen molar-refractivity contribution in [2.75, 3.05) is 0 Å². The predicted octanol–water partition coefficient (Wildman–Crippen LogP) is 23.7. The van der Waals surface area contributed by atoms with Crippen molar-refractivity contribution >= 4 is 149 Å². The summed E-state index contributed by atoms with van der Waals surface area (Å²) in [7, 11) is 0. The first-order chi connectivity index (χ1) is 46.6. The highest BCUT2D eigenvalue weighted by atomic mass is 32.1. The van der Waals surface area contributed by atoms with E-state index in [1.54, 1.807) is 22.7 Å². The van der Waals surface area contributed by atoms with Crippen LogP contribution < -0.4 is 0 Å². The van der Waals surface area contributed by atoms with Gasteiger partial charge < -0.3 is 0 Å². The van der Waals surface area contributed by atoms with Gasteiger partial charge in [-0.05, 0) is 110 Å². The molecule has 0 saturated carbocycles. The summed E-state index contributed by atoms with van der Waals surface area (Å²) in [5.74, 6) is 4.04. The highest BCUT2D eigenvalue weighted by Crippen LogP contribution is 2.44. The van der Waals surface area contributed by atoms with Gasteiger partial charge in [0.2, 0.25) is 0 Å². The van der Waals surface area contributed by atoms with Gasteiger partial charge in [0.25, 0.3) is 0 Å².